The molecule has 1 aromatic carbocycles. The van der Waals surface area contributed by atoms with Crippen molar-refractivity contribution in [3.05, 3.63) is 54.0 Å². The molecule has 3 aromatic rings. The molecule has 0 aliphatic rings. The van der Waals surface area contributed by atoms with Crippen LogP contribution in [0.15, 0.2) is 42.6 Å². The smallest absolute Gasteiger partial charge is 0.337 e. The number of aromatic nitrogens is 1. The summed E-state index contributed by atoms with van der Waals surface area (Å²) >= 11 is 1.43. The lowest BCUT2D eigenvalue weighted by molar-refractivity contribution is 0.0696. The third kappa shape index (κ3) is 2.20. The van der Waals surface area contributed by atoms with E-state index in [-0.39, 0.29) is 11.4 Å². The van der Waals surface area contributed by atoms with E-state index in [0.29, 0.717) is 5.69 Å². The molecule has 0 radical (unpaired) electrons. The molecular formula is C14H8FNO2S. The van der Waals surface area contributed by atoms with Gasteiger partial charge in [-0.05, 0) is 35.7 Å². The first-order valence-electron chi connectivity index (χ1n) is 5.52. The summed E-state index contributed by atoms with van der Waals surface area (Å²) < 4.78 is 14.0. The second-order valence-corrected chi connectivity index (χ2v) is 5.11. The molecule has 0 spiro atoms. The zero-order chi connectivity index (χ0) is 13.4. The van der Waals surface area contributed by atoms with Crippen molar-refractivity contribution in [3.8, 4) is 10.6 Å². The van der Waals surface area contributed by atoms with Crippen LogP contribution in [0.2, 0.25) is 0 Å². The van der Waals surface area contributed by atoms with Crippen LogP contribution in [0.1, 0.15) is 10.4 Å². The fourth-order valence-electron chi connectivity index (χ4n) is 1.80. The maximum absolute atomic E-state index is 13.1. The summed E-state index contributed by atoms with van der Waals surface area (Å²) in [6, 6.07) is 9.70. The largest absolute Gasteiger partial charge is 0.478 e. The van der Waals surface area contributed by atoms with E-state index in [1.165, 1.54) is 35.7 Å². The van der Waals surface area contributed by atoms with Gasteiger partial charge in [0.25, 0.3) is 0 Å². The summed E-state index contributed by atoms with van der Waals surface area (Å²) in [6.07, 6.45) is 1.32. The predicted molar refractivity (Wildman–Crippen MR) is 72.0 cm³/mol. The lowest BCUT2D eigenvalue weighted by atomic mass is 10.2. The zero-order valence-corrected chi connectivity index (χ0v) is 10.4. The van der Waals surface area contributed by atoms with Gasteiger partial charge < -0.3 is 5.11 Å². The van der Waals surface area contributed by atoms with E-state index < -0.39 is 5.97 Å². The van der Waals surface area contributed by atoms with Crippen LogP contribution in [0, 0.1) is 5.82 Å². The van der Waals surface area contributed by atoms with Gasteiger partial charge in [-0.1, -0.05) is 6.07 Å². The van der Waals surface area contributed by atoms with Crippen LogP contribution in [0.3, 0.4) is 0 Å². The zero-order valence-electron chi connectivity index (χ0n) is 9.63. The maximum atomic E-state index is 13.1. The lowest BCUT2D eigenvalue weighted by Gasteiger charge is -1.97. The van der Waals surface area contributed by atoms with Crippen LogP contribution >= 0.6 is 11.3 Å². The Kier molecular flexibility index (Phi) is 2.76. The highest BCUT2D eigenvalue weighted by atomic mass is 32.1. The number of hydrogen-bond donors (Lipinski definition) is 1. The molecule has 0 aliphatic heterocycles. The number of halogens is 1. The van der Waals surface area contributed by atoms with Gasteiger partial charge in [0.2, 0.25) is 0 Å². The number of carbonyl (C=O) groups is 1. The van der Waals surface area contributed by atoms with Crippen LogP contribution in [0.5, 0.6) is 0 Å². The van der Waals surface area contributed by atoms with Gasteiger partial charge in [-0.2, -0.15) is 0 Å². The van der Waals surface area contributed by atoms with E-state index in [9.17, 15) is 9.18 Å². The average Bonchev–Trinajstić information content (AvgIpc) is 2.81. The van der Waals surface area contributed by atoms with Crippen molar-refractivity contribution in [2.24, 2.45) is 0 Å². The Morgan fingerprint density at radius 2 is 2.05 bits per heavy atom. The normalized spacial score (nSPS) is 10.8. The third-order valence-corrected chi connectivity index (χ3v) is 3.87. The van der Waals surface area contributed by atoms with Crippen molar-refractivity contribution >= 4 is 27.4 Å². The van der Waals surface area contributed by atoms with Gasteiger partial charge in [0, 0.05) is 10.9 Å². The number of hydrogen-bond acceptors (Lipinski definition) is 3. The van der Waals surface area contributed by atoms with E-state index in [2.05, 4.69) is 4.98 Å². The molecule has 94 valence electrons. The number of benzene rings is 1. The Bertz CT molecular complexity index is 765. The summed E-state index contributed by atoms with van der Waals surface area (Å²) in [7, 11) is 0. The number of aromatic carboxylic acids is 1. The second kappa shape index (κ2) is 4.44. The van der Waals surface area contributed by atoms with Gasteiger partial charge in [-0.25, -0.2) is 9.18 Å². The molecule has 5 heteroatoms. The Hall–Kier alpha value is -2.27. The number of fused-ring (bicyclic) bond motifs is 1. The number of carboxylic acids is 1. The molecule has 0 saturated heterocycles. The molecule has 2 heterocycles. The quantitative estimate of drug-likeness (QED) is 0.772. The van der Waals surface area contributed by atoms with E-state index in [0.717, 1.165) is 15.0 Å². The molecular weight excluding hydrogens is 265 g/mol. The summed E-state index contributed by atoms with van der Waals surface area (Å²) in [4.78, 5) is 15.8. The highest BCUT2D eigenvalue weighted by Crippen LogP contribution is 2.32. The average molecular weight is 273 g/mol. The fraction of sp³-hybridized carbons (Fsp3) is 0. The first kappa shape index (κ1) is 11.8. The van der Waals surface area contributed by atoms with E-state index in [1.807, 2.05) is 6.07 Å². The van der Waals surface area contributed by atoms with Gasteiger partial charge in [0.05, 0.1) is 16.1 Å². The molecule has 0 atom stereocenters. The van der Waals surface area contributed by atoms with Crippen LogP contribution < -0.4 is 0 Å². The van der Waals surface area contributed by atoms with Crippen LogP contribution in [-0.2, 0) is 0 Å². The molecule has 19 heavy (non-hydrogen) atoms. The minimum absolute atomic E-state index is 0.149. The first-order chi connectivity index (χ1) is 9.13. The van der Waals surface area contributed by atoms with Gasteiger partial charge >= 0.3 is 5.97 Å². The number of thiophene rings is 1. The lowest BCUT2D eigenvalue weighted by Crippen LogP contribution is -1.96. The van der Waals surface area contributed by atoms with E-state index in [4.69, 9.17) is 5.11 Å². The number of nitrogens with zero attached hydrogens (tertiary/aromatic N) is 1. The summed E-state index contributed by atoms with van der Waals surface area (Å²) in [5.74, 6) is -1.27. The molecule has 1 N–H and O–H groups in total. The Labute approximate surface area is 112 Å². The first-order valence-corrected chi connectivity index (χ1v) is 6.34. The van der Waals surface area contributed by atoms with Gasteiger partial charge in [-0.3, -0.25) is 4.98 Å². The van der Waals surface area contributed by atoms with Crippen LogP contribution in [-0.4, -0.2) is 16.1 Å². The van der Waals surface area contributed by atoms with Crippen LogP contribution in [0.25, 0.3) is 20.7 Å². The maximum Gasteiger partial charge on any atom is 0.337 e. The molecule has 2 aromatic heterocycles. The van der Waals surface area contributed by atoms with Gasteiger partial charge in [0.15, 0.2) is 0 Å². The number of rotatable bonds is 2. The topological polar surface area (TPSA) is 50.2 Å². The standard InChI is InChI=1S/C14H8FNO2S/c15-10-3-1-8-5-13(19-12(8)6-10)11-4-2-9(7-16-11)14(17)18/h1-7H,(H,17,18). The highest BCUT2D eigenvalue weighted by Gasteiger charge is 2.08. The molecule has 0 aliphatic carbocycles. The number of pyridine rings is 1. The molecule has 0 saturated carbocycles. The monoisotopic (exact) mass is 273 g/mol. The summed E-state index contributed by atoms with van der Waals surface area (Å²) in [6.45, 7) is 0. The van der Waals surface area contributed by atoms with Crippen molar-refractivity contribution in [1.82, 2.24) is 4.98 Å². The van der Waals surface area contributed by atoms with Gasteiger partial charge in [-0.15, -0.1) is 11.3 Å². The molecule has 0 unspecified atom stereocenters. The second-order valence-electron chi connectivity index (χ2n) is 4.03. The molecule has 3 nitrogen and oxygen atoms in total. The minimum Gasteiger partial charge on any atom is -0.478 e. The van der Waals surface area contributed by atoms with Crippen molar-refractivity contribution in [3.63, 3.8) is 0 Å². The molecule has 0 fully saturated rings. The van der Waals surface area contributed by atoms with E-state index >= 15 is 0 Å². The molecule has 3 rings (SSSR count). The summed E-state index contributed by atoms with van der Waals surface area (Å²) in [5.41, 5.74) is 0.836. The van der Waals surface area contributed by atoms with Crippen molar-refractivity contribution in [2.75, 3.05) is 0 Å². The molecule has 0 amide bonds. The van der Waals surface area contributed by atoms with Gasteiger partial charge in [0.1, 0.15) is 5.82 Å². The van der Waals surface area contributed by atoms with Crippen LogP contribution in [0.4, 0.5) is 4.39 Å². The van der Waals surface area contributed by atoms with E-state index in [1.54, 1.807) is 12.1 Å². The Morgan fingerprint density at radius 1 is 1.21 bits per heavy atom. The SMILES string of the molecule is O=C(O)c1ccc(-c2cc3ccc(F)cc3s2)nc1. The van der Waals surface area contributed by atoms with Crippen molar-refractivity contribution < 1.29 is 14.3 Å². The molecule has 0 bridgehead atoms. The highest BCUT2D eigenvalue weighted by molar-refractivity contribution is 7.22. The third-order valence-electron chi connectivity index (χ3n) is 2.75. The Morgan fingerprint density at radius 3 is 2.74 bits per heavy atom. The minimum atomic E-state index is -1.00. The fourth-order valence-corrected chi connectivity index (χ4v) is 2.86. The predicted octanol–water partition coefficient (Wildman–Crippen LogP) is 3.80. The van der Waals surface area contributed by atoms with Crippen molar-refractivity contribution in [1.29, 1.82) is 0 Å². The number of carboxylic acid groups (broad SMARTS) is 1. The summed E-state index contributed by atoms with van der Waals surface area (Å²) in [5, 5.41) is 9.76. The Balaban J connectivity index is 2.06. The van der Waals surface area contributed by atoms with Crippen molar-refractivity contribution in [2.45, 2.75) is 0 Å².